The number of pyridine rings is 1. The minimum atomic E-state index is -4.58. The zero-order valence-electron chi connectivity index (χ0n) is 21.7. The van der Waals surface area contributed by atoms with Crippen molar-refractivity contribution in [3.8, 4) is 11.3 Å². The first-order valence-corrected chi connectivity index (χ1v) is 14.1. The van der Waals surface area contributed by atoms with E-state index in [1.165, 1.54) is 22.6 Å². The Bertz CT molecular complexity index is 1630. The topological polar surface area (TPSA) is 88.1 Å². The molecular weight excluding hydrogens is 527 g/mol. The van der Waals surface area contributed by atoms with E-state index in [0.717, 1.165) is 17.3 Å². The molecule has 0 saturated carbocycles. The molecule has 0 amide bonds. The Morgan fingerprint density at radius 1 is 1.00 bits per heavy atom. The Morgan fingerprint density at radius 3 is 2.38 bits per heavy atom. The van der Waals surface area contributed by atoms with E-state index in [0.29, 0.717) is 29.7 Å². The van der Waals surface area contributed by atoms with Crippen LogP contribution in [0.1, 0.15) is 44.1 Å². The van der Waals surface area contributed by atoms with Crippen LogP contribution in [0.4, 0.5) is 24.7 Å². The number of rotatable bonds is 5. The Kier molecular flexibility index (Phi) is 6.84. The normalized spacial score (nSPS) is 16.1. The van der Waals surface area contributed by atoms with Crippen LogP contribution in [0, 0.1) is 0 Å². The summed E-state index contributed by atoms with van der Waals surface area (Å²) in [6, 6.07) is 14.9. The lowest BCUT2D eigenvalue weighted by molar-refractivity contribution is -0.137. The lowest BCUT2D eigenvalue weighted by Gasteiger charge is -2.20. The molecule has 204 valence electrons. The predicted molar refractivity (Wildman–Crippen MR) is 145 cm³/mol. The Morgan fingerprint density at radius 2 is 1.74 bits per heavy atom. The number of alkyl halides is 3. The fourth-order valence-electron chi connectivity index (χ4n) is 4.57. The monoisotopic (exact) mass is 555 g/mol. The number of hydrogen-bond donors (Lipinski definition) is 1. The summed E-state index contributed by atoms with van der Waals surface area (Å²) in [6.45, 7) is 6.70. The molecule has 2 aromatic carbocycles. The van der Waals surface area contributed by atoms with E-state index in [2.05, 4.69) is 41.0 Å². The number of anilines is 2. The molecule has 2 aromatic heterocycles. The lowest BCUT2D eigenvalue weighted by Crippen LogP contribution is -2.26. The van der Waals surface area contributed by atoms with Crippen LogP contribution in [0.15, 0.2) is 60.8 Å². The number of hydrogen-bond acceptors (Lipinski definition) is 6. The van der Waals surface area contributed by atoms with Crippen molar-refractivity contribution in [3.63, 3.8) is 0 Å². The maximum absolute atomic E-state index is 13.7. The van der Waals surface area contributed by atoms with Crippen molar-refractivity contribution in [2.24, 2.45) is 0 Å². The van der Waals surface area contributed by atoms with E-state index in [4.69, 9.17) is 0 Å². The molecule has 1 N–H and O–H groups in total. The molecule has 0 unspecified atom stereocenters. The number of nitrogens with zero attached hydrogens (tertiary/aromatic N) is 4. The van der Waals surface area contributed by atoms with Gasteiger partial charge in [0.15, 0.2) is 0 Å². The van der Waals surface area contributed by atoms with E-state index >= 15 is 0 Å². The van der Waals surface area contributed by atoms with Gasteiger partial charge < -0.3 is 5.32 Å². The first-order chi connectivity index (χ1) is 18.3. The number of sulfonamides is 1. The van der Waals surface area contributed by atoms with E-state index < -0.39 is 21.8 Å². The highest BCUT2D eigenvalue weighted by molar-refractivity contribution is 7.89. The van der Waals surface area contributed by atoms with E-state index in [-0.39, 0.29) is 34.8 Å². The van der Waals surface area contributed by atoms with Gasteiger partial charge in [-0.3, -0.25) is 4.98 Å². The first-order valence-electron chi connectivity index (χ1n) is 12.5. The van der Waals surface area contributed by atoms with Crippen molar-refractivity contribution in [1.82, 2.24) is 19.3 Å². The van der Waals surface area contributed by atoms with Gasteiger partial charge in [0.2, 0.25) is 10.0 Å². The summed E-state index contributed by atoms with van der Waals surface area (Å²) in [5.74, 6) is 0.741. The number of fused-ring (bicyclic) bond motifs is 1. The van der Waals surface area contributed by atoms with E-state index in [9.17, 15) is 21.6 Å². The minimum absolute atomic E-state index is 0.0221. The molecule has 0 bridgehead atoms. The first kappa shape index (κ1) is 27.0. The smallest absolute Gasteiger partial charge is 0.340 e. The van der Waals surface area contributed by atoms with Crippen LogP contribution in [0.2, 0.25) is 0 Å². The van der Waals surface area contributed by atoms with Gasteiger partial charge in [-0.2, -0.15) is 17.5 Å². The lowest BCUT2D eigenvalue weighted by atomic mass is 9.87. The molecule has 1 saturated heterocycles. The second-order valence-corrected chi connectivity index (χ2v) is 12.7. The average molecular weight is 556 g/mol. The average Bonchev–Trinajstić information content (AvgIpc) is 3.20. The summed E-state index contributed by atoms with van der Waals surface area (Å²) < 4.78 is 67.2. The van der Waals surface area contributed by atoms with Gasteiger partial charge in [0, 0.05) is 29.4 Å². The molecule has 1 fully saturated rings. The van der Waals surface area contributed by atoms with Gasteiger partial charge in [-0.25, -0.2) is 18.4 Å². The molecule has 4 aromatic rings. The van der Waals surface area contributed by atoms with Crippen LogP contribution in [0.5, 0.6) is 0 Å². The van der Waals surface area contributed by atoms with Crippen LogP contribution >= 0.6 is 0 Å². The summed E-state index contributed by atoms with van der Waals surface area (Å²) in [5.41, 5.74) is 1.46. The van der Waals surface area contributed by atoms with Crippen LogP contribution in [-0.2, 0) is 28.2 Å². The Labute approximate surface area is 225 Å². The van der Waals surface area contributed by atoms with Crippen LogP contribution in [0.3, 0.4) is 0 Å². The van der Waals surface area contributed by atoms with Gasteiger partial charge in [-0.1, -0.05) is 39.0 Å². The number of benzene rings is 2. The molecule has 0 radical (unpaired) electrons. The second kappa shape index (κ2) is 9.87. The van der Waals surface area contributed by atoms with Crippen LogP contribution < -0.4 is 5.32 Å². The third-order valence-electron chi connectivity index (χ3n) is 6.66. The molecule has 39 heavy (non-hydrogen) atoms. The zero-order valence-corrected chi connectivity index (χ0v) is 22.6. The quantitative estimate of drug-likeness (QED) is 0.312. The van der Waals surface area contributed by atoms with E-state index in [1.54, 1.807) is 12.1 Å². The third kappa shape index (κ3) is 5.74. The van der Waals surface area contributed by atoms with Crippen molar-refractivity contribution >= 4 is 32.4 Å². The van der Waals surface area contributed by atoms with Gasteiger partial charge in [-0.05, 0) is 53.8 Å². The molecule has 0 atom stereocenters. The SMILES string of the molecule is CC(C)(C)c1ccc(Nc2nc(CN3CCCS3(=O)=O)nc3cc(-c4ncccc4C(F)(F)F)ccc23)cc1. The summed E-state index contributed by atoms with van der Waals surface area (Å²) >= 11 is 0. The number of nitrogens with one attached hydrogen (secondary N) is 1. The second-order valence-electron chi connectivity index (χ2n) is 10.6. The zero-order chi connectivity index (χ0) is 28.0. The highest BCUT2D eigenvalue weighted by atomic mass is 32.2. The molecule has 1 aliphatic rings. The van der Waals surface area contributed by atoms with Crippen molar-refractivity contribution < 1.29 is 21.6 Å². The summed E-state index contributed by atoms with van der Waals surface area (Å²) in [5, 5.41) is 3.87. The highest BCUT2D eigenvalue weighted by Crippen LogP contribution is 2.37. The fourth-order valence-corrected chi connectivity index (χ4v) is 6.04. The van der Waals surface area contributed by atoms with Gasteiger partial charge in [0.25, 0.3) is 0 Å². The van der Waals surface area contributed by atoms with Crippen molar-refractivity contribution in [3.05, 3.63) is 77.7 Å². The van der Waals surface area contributed by atoms with Crippen molar-refractivity contribution in [2.45, 2.75) is 45.3 Å². The largest absolute Gasteiger partial charge is 0.418 e. The fraction of sp³-hybridized carbons (Fsp3) is 0.321. The van der Waals surface area contributed by atoms with Crippen molar-refractivity contribution in [1.29, 1.82) is 0 Å². The Balaban J connectivity index is 1.60. The third-order valence-corrected chi connectivity index (χ3v) is 8.57. The molecule has 3 heterocycles. The van der Waals surface area contributed by atoms with Crippen LogP contribution in [0.25, 0.3) is 22.2 Å². The van der Waals surface area contributed by atoms with Gasteiger partial charge in [0.1, 0.15) is 11.6 Å². The number of halogens is 3. The summed E-state index contributed by atoms with van der Waals surface area (Å²) in [6.07, 6.45) is -2.75. The maximum Gasteiger partial charge on any atom is 0.418 e. The highest BCUT2D eigenvalue weighted by Gasteiger charge is 2.34. The number of aromatic nitrogens is 3. The predicted octanol–water partition coefficient (Wildman–Crippen LogP) is 6.29. The molecule has 5 rings (SSSR count). The molecule has 11 heteroatoms. The standard InChI is InChI=1S/C28H28F3N5O2S/c1-27(2,3)19-8-10-20(11-9-19)33-26-21-12-7-18(25-22(28(29,30)31)6-4-13-32-25)16-23(21)34-24(35-26)17-36-14-5-15-39(36,37)38/h4,6-13,16H,5,14-15,17H2,1-3H3,(H,33,34,35). The van der Waals surface area contributed by atoms with Gasteiger partial charge >= 0.3 is 6.18 Å². The molecule has 0 spiro atoms. The maximum atomic E-state index is 13.7. The van der Waals surface area contributed by atoms with Crippen LogP contribution in [-0.4, -0.2) is 40.0 Å². The summed E-state index contributed by atoms with van der Waals surface area (Å²) in [7, 11) is -3.40. The molecule has 7 nitrogen and oxygen atoms in total. The molecule has 1 aliphatic heterocycles. The summed E-state index contributed by atoms with van der Waals surface area (Å²) in [4.78, 5) is 13.2. The van der Waals surface area contributed by atoms with Gasteiger partial charge in [0.05, 0.1) is 29.1 Å². The van der Waals surface area contributed by atoms with E-state index in [1.807, 2.05) is 24.3 Å². The van der Waals surface area contributed by atoms with Gasteiger partial charge in [-0.15, -0.1) is 0 Å². The molecule has 0 aliphatic carbocycles. The molecular formula is C28H28F3N5O2S. The minimum Gasteiger partial charge on any atom is -0.340 e. The van der Waals surface area contributed by atoms with Crippen molar-refractivity contribution in [2.75, 3.05) is 17.6 Å². The Hall–Kier alpha value is -3.57.